The van der Waals surface area contributed by atoms with Crippen molar-refractivity contribution < 1.29 is 62.6 Å². The molecule has 1 aromatic heterocycles. The first-order chi connectivity index (χ1) is 41.4. The van der Waals surface area contributed by atoms with E-state index in [1.165, 1.54) is 13.8 Å². The van der Waals surface area contributed by atoms with Crippen molar-refractivity contribution >= 4 is 75.9 Å². The lowest BCUT2D eigenvalue weighted by atomic mass is 10.00. The van der Waals surface area contributed by atoms with Crippen LogP contribution >= 0.6 is 0 Å². The Bertz CT molecular complexity index is 2590. The molecule has 0 bridgehead atoms. The van der Waals surface area contributed by atoms with Crippen LogP contribution in [0.15, 0.2) is 30.5 Å². The number of aromatic nitrogens is 1. The Morgan fingerprint density at radius 1 is 0.644 bits per heavy atom. The van der Waals surface area contributed by atoms with Crippen molar-refractivity contribution in [1.29, 1.82) is 0 Å². The summed E-state index contributed by atoms with van der Waals surface area (Å²) in [4.78, 5) is 157. The van der Waals surface area contributed by atoms with E-state index >= 15 is 0 Å². The predicted molar refractivity (Wildman–Crippen MR) is 323 cm³/mol. The third kappa shape index (κ3) is 24.7. The number of hydrogen-bond donors (Lipinski definition) is 18. The van der Waals surface area contributed by atoms with Crippen LogP contribution in [-0.2, 0) is 63.9 Å². The smallest absolute Gasteiger partial charge is 0.329 e. The summed E-state index contributed by atoms with van der Waals surface area (Å²) < 4.78 is 5.54. The van der Waals surface area contributed by atoms with Gasteiger partial charge in [0, 0.05) is 36.5 Å². The number of carbonyl (C=O) groups excluding carboxylic acids is 11. The fourth-order valence-corrected chi connectivity index (χ4v) is 9.58. The first-order valence-electron chi connectivity index (χ1n) is 30.1. The van der Waals surface area contributed by atoms with Crippen LogP contribution in [0.1, 0.15) is 124 Å². The van der Waals surface area contributed by atoms with E-state index in [9.17, 15) is 57.8 Å². The molecule has 24 N–H and O–H groups in total. The van der Waals surface area contributed by atoms with E-state index < -0.39 is 151 Å². The standard InChI is InChI=1S/C57H97N17O13/c1-6-7-8-9-10-15-45(76)66-37(16-22-58)52(81)74-47(32(4)75)56(85)70-40(19-25-61)48(77)69-41-21-27-64-55(84)46(63)33(5)87-57(86)42(20-26-62)71-49(78)38(17-23-59)68-53(82)43(28-31(2)3)72-54(83)44(73-50(79)39(18-24-60)67-51(41)80)29-34-30-65-36-14-12-11-13-35(34)36/h11-14,30-33,37-44,46-47,65,75H,6-10,15-29,58-63H2,1-5H3,(H,64,84)(H,66,76)(H,67,80)(H,68,82)(H,69,77)(H,70,85)(H,71,78)(H,72,83)(H,73,79)(H,74,81)/t32-,33-,37+,38+,39?,40+,41?,42+,43+,44-,46+,47+/m1/s1. The molecule has 3 rings (SSSR count). The number of H-pyrrole nitrogens is 1. The second kappa shape index (κ2) is 38.7. The molecule has 2 unspecified atom stereocenters. The van der Waals surface area contributed by atoms with Crippen molar-refractivity contribution in [3.63, 3.8) is 0 Å². The average molecular weight is 1230 g/mol. The monoisotopic (exact) mass is 1230 g/mol. The number of nitrogens with one attached hydrogen (secondary N) is 11. The van der Waals surface area contributed by atoms with Gasteiger partial charge >= 0.3 is 5.97 Å². The number of unbranched alkanes of at least 4 members (excludes halogenated alkanes) is 4. The Morgan fingerprint density at radius 2 is 1.18 bits per heavy atom. The molecule has 87 heavy (non-hydrogen) atoms. The molecule has 1 aromatic carbocycles. The molecule has 12 atom stereocenters. The summed E-state index contributed by atoms with van der Waals surface area (Å²) in [6.45, 7) is 7.11. The molecule has 0 spiro atoms. The van der Waals surface area contributed by atoms with Gasteiger partial charge in [0.2, 0.25) is 59.1 Å². The molecule has 2 aromatic rings. The lowest BCUT2D eigenvalue weighted by Crippen LogP contribution is -2.62. The largest absolute Gasteiger partial charge is 0.459 e. The van der Waals surface area contributed by atoms with Gasteiger partial charge in [0.25, 0.3) is 0 Å². The molecule has 1 fully saturated rings. The Balaban J connectivity index is 2.08. The van der Waals surface area contributed by atoms with Gasteiger partial charge in [-0.25, -0.2) is 4.79 Å². The number of cyclic esters (lactones) is 1. The molecule has 30 nitrogen and oxygen atoms in total. The van der Waals surface area contributed by atoms with Crippen molar-refractivity contribution in [2.45, 2.75) is 197 Å². The second-order valence-electron chi connectivity index (χ2n) is 22.3. The third-order valence-corrected chi connectivity index (χ3v) is 14.5. The fourth-order valence-electron chi connectivity index (χ4n) is 9.58. The number of ether oxygens (including phenoxy) is 1. The van der Waals surface area contributed by atoms with Crippen molar-refractivity contribution in [2.24, 2.45) is 40.3 Å². The number of carbonyl (C=O) groups is 11. The molecule has 1 aliphatic heterocycles. The number of esters is 1. The van der Waals surface area contributed by atoms with Crippen LogP contribution in [0.2, 0.25) is 0 Å². The van der Waals surface area contributed by atoms with Crippen LogP contribution in [0, 0.1) is 5.92 Å². The van der Waals surface area contributed by atoms with Crippen molar-refractivity contribution in [3.05, 3.63) is 36.0 Å². The van der Waals surface area contributed by atoms with Gasteiger partial charge in [-0.15, -0.1) is 0 Å². The molecule has 1 saturated heterocycles. The lowest BCUT2D eigenvalue weighted by molar-refractivity contribution is -0.154. The minimum absolute atomic E-state index is 0.0110. The number of rotatable bonds is 28. The number of hydrogen-bond acceptors (Lipinski definition) is 19. The number of benzene rings is 1. The van der Waals surface area contributed by atoms with Gasteiger partial charge in [-0.2, -0.15) is 0 Å². The third-order valence-electron chi connectivity index (χ3n) is 14.5. The Kier molecular flexibility index (Phi) is 32.9. The summed E-state index contributed by atoms with van der Waals surface area (Å²) in [5.74, 6) is -9.87. The van der Waals surface area contributed by atoms with E-state index in [-0.39, 0.29) is 90.0 Å². The number of aliphatic hydroxyl groups excluding tert-OH is 1. The number of aromatic amines is 1. The normalized spacial score (nSPS) is 23.0. The summed E-state index contributed by atoms with van der Waals surface area (Å²) in [6, 6.07) is -7.45. The summed E-state index contributed by atoms with van der Waals surface area (Å²) in [6.07, 6.45) is 1.96. The van der Waals surface area contributed by atoms with E-state index in [0.29, 0.717) is 22.9 Å². The van der Waals surface area contributed by atoms with Crippen molar-refractivity contribution in [1.82, 2.24) is 58.2 Å². The van der Waals surface area contributed by atoms with Crippen molar-refractivity contribution in [3.8, 4) is 0 Å². The molecule has 0 aliphatic carbocycles. The molecular weight excluding hydrogens is 1130 g/mol. The number of amides is 10. The van der Waals surface area contributed by atoms with Gasteiger partial charge < -0.3 is 102 Å². The van der Waals surface area contributed by atoms with Gasteiger partial charge in [-0.05, 0) is 115 Å². The highest BCUT2D eigenvalue weighted by atomic mass is 16.5. The SMILES string of the molecule is CCCCCCCC(=O)N[C@@H](CCN)C(=O)N[C@H](C(=O)N[C@@H](CCN)C(=O)NC1CCNC(=O)[C@@H](N)[C@@H](C)OC(=O)[C@H](CCN)NC(=O)[C@H](CCN)NC(=O)[C@H](CC(C)C)NC(=O)[C@@H](Cc2c[nH]c3ccccc23)NC(=O)C(CCN)NC1=O)[C@@H](C)O. The maximum atomic E-state index is 14.7. The molecule has 10 amide bonds. The molecular formula is C57H97N17O13. The zero-order valence-corrected chi connectivity index (χ0v) is 50.8. The zero-order valence-electron chi connectivity index (χ0n) is 50.8. The Morgan fingerprint density at radius 3 is 1.78 bits per heavy atom. The number of nitrogens with two attached hydrogens (primary N) is 6. The Labute approximate surface area is 507 Å². The highest BCUT2D eigenvalue weighted by molar-refractivity contribution is 5.99. The molecule has 488 valence electrons. The minimum atomic E-state index is -1.69. The maximum Gasteiger partial charge on any atom is 0.329 e. The topological polar surface area (TPSA) is 509 Å². The van der Waals surface area contributed by atoms with Gasteiger partial charge in [0.05, 0.1) is 6.10 Å². The van der Waals surface area contributed by atoms with Crippen LogP contribution in [-0.4, -0.2) is 187 Å². The van der Waals surface area contributed by atoms with Gasteiger partial charge in [0.15, 0.2) is 0 Å². The fraction of sp³-hybridized carbons (Fsp3) is 0.667. The summed E-state index contributed by atoms with van der Waals surface area (Å²) >= 11 is 0. The van der Waals surface area contributed by atoms with E-state index in [1.54, 1.807) is 44.3 Å². The van der Waals surface area contributed by atoms with E-state index in [1.807, 2.05) is 0 Å². The second-order valence-corrected chi connectivity index (χ2v) is 22.3. The molecule has 30 heteroatoms. The summed E-state index contributed by atoms with van der Waals surface area (Å²) in [5, 5.41) is 37.4. The lowest BCUT2D eigenvalue weighted by Gasteiger charge is -2.29. The summed E-state index contributed by atoms with van der Waals surface area (Å²) in [5.41, 5.74) is 37.0. The molecule has 2 heterocycles. The average Bonchev–Trinajstić information content (AvgIpc) is 3.00. The highest BCUT2D eigenvalue weighted by Gasteiger charge is 2.37. The first-order valence-corrected chi connectivity index (χ1v) is 30.1. The van der Waals surface area contributed by atoms with Crippen LogP contribution in [0.4, 0.5) is 0 Å². The number of aliphatic hydroxyl groups is 1. The van der Waals surface area contributed by atoms with Crippen LogP contribution in [0.3, 0.4) is 0 Å². The molecule has 1 aliphatic rings. The predicted octanol–water partition coefficient (Wildman–Crippen LogP) is -4.62. The van der Waals surface area contributed by atoms with Crippen LogP contribution < -0.4 is 87.6 Å². The van der Waals surface area contributed by atoms with E-state index in [4.69, 9.17) is 39.1 Å². The number of fused-ring (bicyclic) bond motifs is 1. The molecule has 0 saturated carbocycles. The van der Waals surface area contributed by atoms with E-state index in [2.05, 4.69) is 65.1 Å². The van der Waals surface area contributed by atoms with E-state index in [0.717, 1.165) is 25.7 Å². The van der Waals surface area contributed by atoms with Crippen molar-refractivity contribution in [2.75, 3.05) is 39.3 Å². The Hall–Kier alpha value is -7.35. The summed E-state index contributed by atoms with van der Waals surface area (Å²) in [7, 11) is 0. The maximum absolute atomic E-state index is 14.7. The van der Waals surface area contributed by atoms with Gasteiger partial charge in [-0.1, -0.05) is 64.7 Å². The van der Waals surface area contributed by atoms with Gasteiger partial charge in [0.1, 0.15) is 66.5 Å². The van der Waals surface area contributed by atoms with Crippen LogP contribution in [0.5, 0.6) is 0 Å². The first kappa shape index (κ1) is 73.9. The van der Waals surface area contributed by atoms with Crippen LogP contribution in [0.25, 0.3) is 10.9 Å². The minimum Gasteiger partial charge on any atom is -0.459 e. The highest BCUT2D eigenvalue weighted by Crippen LogP contribution is 2.20. The van der Waals surface area contributed by atoms with Gasteiger partial charge in [-0.3, -0.25) is 47.9 Å². The molecule has 0 radical (unpaired) electrons. The quantitative estimate of drug-likeness (QED) is 0.0281. The zero-order chi connectivity index (χ0) is 64.8. The number of para-hydroxylation sites is 1.